The fourth-order valence-electron chi connectivity index (χ4n) is 2.41. The molecule has 2 aromatic rings. The third-order valence-corrected chi connectivity index (χ3v) is 3.85. The van der Waals surface area contributed by atoms with Crippen LogP contribution in [0.4, 0.5) is 5.69 Å². The molecule has 6 nitrogen and oxygen atoms in total. The van der Waals surface area contributed by atoms with Crippen molar-refractivity contribution in [3.63, 3.8) is 0 Å². The standard InChI is InChI=1S/C19H23NO5/c1-6-23-16-9-7-15(8-10-16)20-18(21)14(5)25-19(22)17-11(2)12(3)24-13(17)4/h7-10,14H,6H2,1-5H3,(H,20,21)/t14-/m0/s1. The summed E-state index contributed by atoms with van der Waals surface area (Å²) in [5.74, 6) is 0.894. The predicted molar refractivity (Wildman–Crippen MR) is 94.0 cm³/mol. The van der Waals surface area contributed by atoms with E-state index in [-0.39, 0.29) is 0 Å². The van der Waals surface area contributed by atoms with E-state index in [0.29, 0.717) is 29.4 Å². The Bertz CT molecular complexity index is 761. The molecule has 0 radical (unpaired) electrons. The number of carbonyl (C=O) groups is 2. The maximum absolute atomic E-state index is 12.3. The number of rotatable bonds is 6. The molecule has 1 aromatic heterocycles. The molecular weight excluding hydrogens is 322 g/mol. The zero-order valence-electron chi connectivity index (χ0n) is 15.1. The van der Waals surface area contributed by atoms with Gasteiger partial charge in [0, 0.05) is 11.3 Å². The quantitative estimate of drug-likeness (QED) is 0.806. The number of aryl methyl sites for hydroxylation is 2. The van der Waals surface area contributed by atoms with Crippen molar-refractivity contribution in [1.29, 1.82) is 0 Å². The highest BCUT2D eigenvalue weighted by Crippen LogP contribution is 2.22. The lowest BCUT2D eigenvalue weighted by Crippen LogP contribution is -2.30. The number of carbonyl (C=O) groups excluding carboxylic acids is 2. The number of nitrogens with one attached hydrogen (secondary N) is 1. The molecule has 134 valence electrons. The maximum atomic E-state index is 12.3. The van der Waals surface area contributed by atoms with E-state index in [4.69, 9.17) is 13.9 Å². The van der Waals surface area contributed by atoms with Gasteiger partial charge < -0.3 is 19.2 Å². The SMILES string of the molecule is CCOc1ccc(NC(=O)[C@H](C)OC(=O)c2c(C)oc(C)c2C)cc1. The molecule has 25 heavy (non-hydrogen) atoms. The van der Waals surface area contributed by atoms with Gasteiger partial charge in [-0.25, -0.2) is 4.79 Å². The van der Waals surface area contributed by atoms with Gasteiger partial charge in [0.05, 0.1) is 6.61 Å². The summed E-state index contributed by atoms with van der Waals surface area (Å²) in [5, 5.41) is 2.71. The first kappa shape index (κ1) is 18.6. The minimum atomic E-state index is -0.937. The smallest absolute Gasteiger partial charge is 0.342 e. The summed E-state index contributed by atoms with van der Waals surface area (Å²) in [4.78, 5) is 24.5. The number of hydrogen-bond donors (Lipinski definition) is 1. The van der Waals surface area contributed by atoms with Crippen molar-refractivity contribution < 1.29 is 23.5 Å². The van der Waals surface area contributed by atoms with E-state index in [2.05, 4.69) is 5.32 Å². The van der Waals surface area contributed by atoms with Crippen LogP contribution in [0.5, 0.6) is 5.75 Å². The Labute approximate surface area is 147 Å². The van der Waals surface area contributed by atoms with Crippen LogP contribution in [-0.2, 0) is 9.53 Å². The molecule has 0 aliphatic rings. The number of benzene rings is 1. The molecule has 1 atom stereocenters. The molecular formula is C19H23NO5. The zero-order chi connectivity index (χ0) is 18.6. The Morgan fingerprint density at radius 1 is 1.12 bits per heavy atom. The Morgan fingerprint density at radius 3 is 2.28 bits per heavy atom. The van der Waals surface area contributed by atoms with Gasteiger partial charge in [-0.2, -0.15) is 0 Å². The van der Waals surface area contributed by atoms with E-state index in [1.54, 1.807) is 45.0 Å². The lowest BCUT2D eigenvalue weighted by atomic mass is 10.1. The molecule has 0 spiro atoms. The Morgan fingerprint density at radius 2 is 1.76 bits per heavy atom. The Balaban J connectivity index is 1.98. The summed E-state index contributed by atoms with van der Waals surface area (Å²) in [6.07, 6.45) is -0.937. The minimum Gasteiger partial charge on any atom is -0.494 e. The number of amides is 1. The van der Waals surface area contributed by atoms with Gasteiger partial charge in [-0.3, -0.25) is 4.79 Å². The number of ether oxygens (including phenoxy) is 2. The topological polar surface area (TPSA) is 77.8 Å². The van der Waals surface area contributed by atoms with E-state index in [9.17, 15) is 9.59 Å². The van der Waals surface area contributed by atoms with Crippen LogP contribution in [0.1, 0.15) is 41.3 Å². The van der Waals surface area contributed by atoms with E-state index in [0.717, 1.165) is 11.3 Å². The average molecular weight is 345 g/mol. The van der Waals surface area contributed by atoms with Crippen molar-refractivity contribution >= 4 is 17.6 Å². The second-order valence-corrected chi connectivity index (χ2v) is 5.71. The highest BCUT2D eigenvalue weighted by atomic mass is 16.5. The number of furan rings is 1. The van der Waals surface area contributed by atoms with Crippen LogP contribution in [0.15, 0.2) is 28.7 Å². The van der Waals surface area contributed by atoms with Crippen molar-refractivity contribution in [2.45, 2.75) is 40.7 Å². The molecule has 0 aliphatic carbocycles. The zero-order valence-corrected chi connectivity index (χ0v) is 15.1. The summed E-state index contributed by atoms with van der Waals surface area (Å²) >= 11 is 0. The van der Waals surface area contributed by atoms with Gasteiger partial charge >= 0.3 is 5.97 Å². The van der Waals surface area contributed by atoms with Gasteiger partial charge in [-0.05, 0) is 58.9 Å². The monoisotopic (exact) mass is 345 g/mol. The number of hydrogen-bond acceptors (Lipinski definition) is 5. The fourth-order valence-corrected chi connectivity index (χ4v) is 2.41. The summed E-state index contributed by atoms with van der Waals surface area (Å²) < 4.78 is 16.0. The van der Waals surface area contributed by atoms with Crippen LogP contribution < -0.4 is 10.1 Å². The molecule has 0 bridgehead atoms. The molecule has 2 rings (SSSR count). The summed E-state index contributed by atoms with van der Waals surface area (Å²) in [6.45, 7) is 9.26. The average Bonchev–Trinajstić information content (AvgIpc) is 2.82. The van der Waals surface area contributed by atoms with E-state index >= 15 is 0 Å². The maximum Gasteiger partial charge on any atom is 0.342 e. The molecule has 6 heteroatoms. The number of anilines is 1. The van der Waals surface area contributed by atoms with Gasteiger partial charge in [-0.15, -0.1) is 0 Å². The molecule has 1 aromatic carbocycles. The normalized spacial score (nSPS) is 11.7. The van der Waals surface area contributed by atoms with E-state index < -0.39 is 18.0 Å². The molecule has 0 unspecified atom stereocenters. The first-order valence-electron chi connectivity index (χ1n) is 8.14. The highest BCUT2D eigenvalue weighted by molar-refractivity contribution is 5.98. The van der Waals surface area contributed by atoms with E-state index in [1.165, 1.54) is 6.92 Å². The van der Waals surface area contributed by atoms with Gasteiger partial charge in [0.25, 0.3) is 5.91 Å². The van der Waals surface area contributed by atoms with Crippen molar-refractivity contribution in [1.82, 2.24) is 0 Å². The van der Waals surface area contributed by atoms with Crippen molar-refractivity contribution in [3.05, 3.63) is 46.9 Å². The molecule has 0 saturated heterocycles. The predicted octanol–water partition coefficient (Wildman–Crippen LogP) is 3.79. The largest absolute Gasteiger partial charge is 0.494 e. The number of esters is 1. The first-order valence-corrected chi connectivity index (χ1v) is 8.14. The van der Waals surface area contributed by atoms with Crippen LogP contribution >= 0.6 is 0 Å². The third kappa shape index (κ3) is 4.41. The highest BCUT2D eigenvalue weighted by Gasteiger charge is 2.24. The van der Waals surface area contributed by atoms with Crippen LogP contribution in [0, 0.1) is 20.8 Å². The Kier molecular flexibility index (Phi) is 5.85. The lowest BCUT2D eigenvalue weighted by Gasteiger charge is -2.14. The fraction of sp³-hybridized carbons (Fsp3) is 0.368. The van der Waals surface area contributed by atoms with E-state index in [1.807, 2.05) is 6.92 Å². The molecule has 1 heterocycles. The third-order valence-electron chi connectivity index (χ3n) is 3.85. The lowest BCUT2D eigenvalue weighted by molar-refractivity contribution is -0.123. The molecule has 1 amide bonds. The second-order valence-electron chi connectivity index (χ2n) is 5.71. The van der Waals surface area contributed by atoms with Crippen LogP contribution in [0.3, 0.4) is 0 Å². The summed E-state index contributed by atoms with van der Waals surface area (Å²) in [5.41, 5.74) is 1.70. The second kappa shape index (κ2) is 7.88. The van der Waals surface area contributed by atoms with Gasteiger partial charge in [0.2, 0.25) is 0 Å². The summed E-state index contributed by atoms with van der Waals surface area (Å²) in [6, 6.07) is 6.98. The van der Waals surface area contributed by atoms with Crippen LogP contribution in [0.25, 0.3) is 0 Å². The Hall–Kier alpha value is -2.76. The van der Waals surface area contributed by atoms with Gasteiger partial charge in [0.15, 0.2) is 6.10 Å². The molecule has 0 aliphatic heterocycles. The minimum absolute atomic E-state index is 0.373. The van der Waals surface area contributed by atoms with Crippen molar-refractivity contribution in [2.24, 2.45) is 0 Å². The molecule has 0 saturated carbocycles. The molecule has 1 N–H and O–H groups in total. The van der Waals surface area contributed by atoms with Crippen LogP contribution in [-0.4, -0.2) is 24.6 Å². The van der Waals surface area contributed by atoms with Gasteiger partial charge in [0.1, 0.15) is 22.8 Å². The van der Waals surface area contributed by atoms with Crippen LogP contribution in [0.2, 0.25) is 0 Å². The van der Waals surface area contributed by atoms with Gasteiger partial charge in [-0.1, -0.05) is 0 Å². The van der Waals surface area contributed by atoms with Crippen molar-refractivity contribution in [2.75, 3.05) is 11.9 Å². The van der Waals surface area contributed by atoms with Crippen molar-refractivity contribution in [3.8, 4) is 5.75 Å². The summed E-state index contributed by atoms with van der Waals surface area (Å²) in [7, 11) is 0. The first-order chi connectivity index (χ1) is 11.8. The molecule has 0 fully saturated rings.